The summed E-state index contributed by atoms with van der Waals surface area (Å²) in [4.78, 5) is 14.2. The van der Waals surface area contributed by atoms with Crippen LogP contribution in [0.5, 0.6) is 6.01 Å². The highest BCUT2D eigenvalue weighted by Crippen LogP contribution is 2.38. The average molecular weight is 634 g/mol. The summed E-state index contributed by atoms with van der Waals surface area (Å²) in [5.41, 5.74) is 2.77. The van der Waals surface area contributed by atoms with Gasteiger partial charge in [-0.2, -0.15) is 9.97 Å². The number of halogens is 2. The van der Waals surface area contributed by atoms with Gasteiger partial charge >= 0.3 is 6.01 Å². The number of nitrogens with one attached hydrogen (secondary N) is 1. The number of hydrogen-bond donors (Lipinski definition) is 2. The molecule has 0 spiro atoms. The van der Waals surface area contributed by atoms with Gasteiger partial charge in [0.05, 0.1) is 24.3 Å². The van der Waals surface area contributed by atoms with Gasteiger partial charge in [-0.05, 0) is 80.9 Å². The first-order chi connectivity index (χ1) is 21.8. The zero-order chi connectivity index (χ0) is 31.1. The molecule has 3 aromatic rings. The van der Waals surface area contributed by atoms with Crippen molar-refractivity contribution >= 4 is 40.0 Å². The number of aryl methyl sites for hydroxylation is 1. The van der Waals surface area contributed by atoms with Crippen molar-refractivity contribution in [2.45, 2.75) is 70.2 Å². The van der Waals surface area contributed by atoms with Gasteiger partial charge in [-0.3, -0.25) is 4.90 Å². The Balaban J connectivity index is 1.19. The number of piperidine rings is 1. The fourth-order valence-electron chi connectivity index (χ4n) is 7.38. The highest BCUT2D eigenvalue weighted by molar-refractivity contribution is 6.33. The topological polar surface area (TPSA) is 83.0 Å². The van der Waals surface area contributed by atoms with Crippen molar-refractivity contribution in [1.29, 1.82) is 0 Å². The minimum Gasteiger partial charge on any atom is -0.508 e. The summed E-state index contributed by atoms with van der Waals surface area (Å²) in [5, 5.41) is 15.2. The van der Waals surface area contributed by atoms with Crippen LogP contribution < -0.4 is 15.0 Å². The van der Waals surface area contributed by atoms with E-state index < -0.39 is 5.82 Å². The van der Waals surface area contributed by atoms with E-state index >= 15 is 4.39 Å². The lowest BCUT2D eigenvalue weighted by molar-refractivity contribution is -0.106. The third-order valence-electron chi connectivity index (χ3n) is 9.73. The molecule has 0 radical (unpaired) electrons. The predicted octanol–water partition coefficient (Wildman–Crippen LogP) is 6.31. The second kappa shape index (κ2) is 12.9. The molecule has 5 aliphatic rings. The van der Waals surface area contributed by atoms with Gasteiger partial charge in [0.15, 0.2) is 5.82 Å². The Labute approximate surface area is 268 Å². The quantitative estimate of drug-likeness (QED) is 0.161. The first kappa shape index (κ1) is 30.4. The number of hydrogen-bond acceptors (Lipinski definition) is 8. The molecule has 2 N–H and O–H groups in total. The highest BCUT2D eigenvalue weighted by Gasteiger charge is 2.35. The number of ether oxygens (including phenoxy) is 2. The molecule has 2 aromatic carbocycles. The summed E-state index contributed by atoms with van der Waals surface area (Å²) in [6.45, 7) is 8.41. The average Bonchev–Trinajstić information content (AvgIpc) is 3.37. The smallest absolute Gasteiger partial charge is 0.319 e. The molecule has 4 bridgehead atoms. The lowest BCUT2D eigenvalue weighted by atomic mass is 9.97. The van der Waals surface area contributed by atoms with Crippen LogP contribution in [-0.4, -0.2) is 83.6 Å². The predicted molar refractivity (Wildman–Crippen MR) is 177 cm³/mol. The van der Waals surface area contributed by atoms with E-state index in [1.165, 1.54) is 12.5 Å². The van der Waals surface area contributed by atoms with Crippen LogP contribution >= 0.6 is 11.6 Å². The van der Waals surface area contributed by atoms with E-state index in [1.807, 2.05) is 31.2 Å². The molecule has 238 valence electrons. The van der Waals surface area contributed by atoms with Gasteiger partial charge in [-0.25, -0.2) is 4.39 Å². The van der Waals surface area contributed by atoms with Crippen LogP contribution in [0.1, 0.15) is 55.7 Å². The number of aliphatic hydroxyl groups excluding tert-OH is 1. The molecule has 6 heterocycles. The molecule has 5 aliphatic heterocycles. The van der Waals surface area contributed by atoms with E-state index in [4.69, 9.17) is 26.1 Å². The third-order valence-corrected chi connectivity index (χ3v) is 10.0. The lowest BCUT2D eigenvalue weighted by Gasteiger charge is -2.45. The molecule has 45 heavy (non-hydrogen) atoms. The number of aliphatic hydroxyl groups is 1. The van der Waals surface area contributed by atoms with Crippen molar-refractivity contribution in [3.63, 3.8) is 0 Å². The van der Waals surface area contributed by atoms with Crippen molar-refractivity contribution in [1.82, 2.24) is 20.2 Å². The zero-order valence-corrected chi connectivity index (χ0v) is 26.7. The Hall–Kier alpha value is -3.24. The fourth-order valence-corrected chi connectivity index (χ4v) is 7.72. The number of allylic oxidation sites excluding steroid dienone is 2. The number of piperazine rings is 1. The van der Waals surface area contributed by atoms with E-state index in [1.54, 1.807) is 19.1 Å². The van der Waals surface area contributed by atoms with Crippen LogP contribution in [0, 0.1) is 12.7 Å². The molecule has 0 amide bonds. The minimum atomic E-state index is -0.550. The van der Waals surface area contributed by atoms with Crippen LogP contribution in [0.3, 0.4) is 0 Å². The SMILES string of the molecule is C/C(=C\C(O)=C/c1ccccc1C)c1c(Cl)cc2c(N3CC4CCC(C3)N4)nc(OCCCN3CC4CCC3CO4)nc2c1F. The van der Waals surface area contributed by atoms with E-state index in [0.717, 1.165) is 69.6 Å². The zero-order valence-electron chi connectivity index (χ0n) is 25.9. The van der Waals surface area contributed by atoms with Crippen LogP contribution in [0.15, 0.2) is 42.2 Å². The summed E-state index contributed by atoms with van der Waals surface area (Å²) in [6.07, 6.45) is 8.92. The second-order valence-electron chi connectivity index (χ2n) is 13.0. The van der Waals surface area contributed by atoms with Crippen molar-refractivity contribution in [2.75, 3.05) is 44.3 Å². The number of fused-ring (bicyclic) bond motifs is 6. The Kier molecular flexibility index (Phi) is 8.70. The lowest BCUT2D eigenvalue weighted by Crippen LogP contribution is -2.54. The van der Waals surface area contributed by atoms with Gasteiger partial charge in [0, 0.05) is 55.3 Å². The first-order valence-electron chi connectivity index (χ1n) is 16.2. The molecule has 4 atom stereocenters. The number of morpholine rings is 1. The molecule has 0 saturated carbocycles. The van der Waals surface area contributed by atoms with Gasteiger partial charge in [-0.1, -0.05) is 35.9 Å². The number of nitrogens with zero attached hydrogens (tertiary/aromatic N) is 4. The van der Waals surface area contributed by atoms with Crippen LogP contribution in [0.25, 0.3) is 22.6 Å². The Morgan fingerprint density at radius 2 is 1.96 bits per heavy atom. The number of rotatable bonds is 9. The van der Waals surface area contributed by atoms with Gasteiger partial charge in [-0.15, -0.1) is 0 Å². The van der Waals surface area contributed by atoms with Crippen LogP contribution in [0.4, 0.5) is 10.2 Å². The summed E-state index contributed by atoms with van der Waals surface area (Å²) in [6, 6.07) is 10.9. The fraction of sp³-hybridized carbons (Fsp3) is 0.486. The maximum atomic E-state index is 16.5. The van der Waals surface area contributed by atoms with Gasteiger partial charge < -0.3 is 24.8 Å². The monoisotopic (exact) mass is 633 g/mol. The molecule has 1 aromatic heterocycles. The Morgan fingerprint density at radius 1 is 1.16 bits per heavy atom. The number of benzene rings is 2. The second-order valence-corrected chi connectivity index (χ2v) is 13.4. The Bertz CT molecular complexity index is 1630. The van der Waals surface area contributed by atoms with Gasteiger partial charge in [0.1, 0.15) is 17.1 Å². The molecule has 8 nitrogen and oxygen atoms in total. The van der Waals surface area contributed by atoms with Crippen LogP contribution in [-0.2, 0) is 4.74 Å². The largest absolute Gasteiger partial charge is 0.508 e. The Morgan fingerprint density at radius 3 is 2.67 bits per heavy atom. The molecule has 8 rings (SSSR count). The van der Waals surface area contributed by atoms with E-state index in [0.29, 0.717) is 47.6 Å². The molecule has 0 aliphatic carbocycles. The first-order valence-corrected chi connectivity index (χ1v) is 16.5. The molecular weight excluding hydrogens is 593 g/mol. The minimum absolute atomic E-state index is 0.00884. The van der Waals surface area contributed by atoms with Crippen LogP contribution in [0.2, 0.25) is 5.02 Å². The summed E-state index contributed by atoms with van der Waals surface area (Å²) < 4.78 is 28.5. The summed E-state index contributed by atoms with van der Waals surface area (Å²) in [5.74, 6) is 0.107. The standard InChI is InChI=1S/C35H41ClFN5O3/c1-21-6-3-4-7-23(21)15-27(43)14-22(2)31-30(36)16-29-33(32(31)37)39-35(40-34(29)42-17-24-8-9-25(18-42)38-24)44-13-5-12-41-19-28-11-10-26(41)20-45-28/h3-4,6-7,14-16,24-26,28,38,43H,5,8-13,17-20H2,1-2H3/b22-14+,27-15+. The van der Waals surface area contributed by atoms with Gasteiger partial charge in [0.25, 0.3) is 0 Å². The van der Waals surface area contributed by atoms with Gasteiger partial charge in [0.2, 0.25) is 0 Å². The highest BCUT2D eigenvalue weighted by atomic mass is 35.5. The van der Waals surface area contributed by atoms with Crippen molar-refractivity contribution in [3.05, 3.63) is 69.7 Å². The maximum Gasteiger partial charge on any atom is 0.319 e. The van der Waals surface area contributed by atoms with Crippen molar-refractivity contribution in [3.8, 4) is 6.01 Å². The van der Waals surface area contributed by atoms with Crippen molar-refractivity contribution in [2.24, 2.45) is 0 Å². The third kappa shape index (κ3) is 6.41. The van der Waals surface area contributed by atoms with E-state index in [-0.39, 0.29) is 27.9 Å². The molecule has 10 heteroatoms. The molecule has 5 saturated heterocycles. The molecule has 5 fully saturated rings. The normalized spacial score (nSPS) is 25.4. The van der Waals surface area contributed by atoms with E-state index in [9.17, 15) is 5.11 Å². The van der Waals surface area contributed by atoms with Crippen molar-refractivity contribution < 1.29 is 19.0 Å². The summed E-state index contributed by atoms with van der Waals surface area (Å²) in [7, 11) is 0. The maximum absolute atomic E-state index is 16.5. The summed E-state index contributed by atoms with van der Waals surface area (Å²) >= 11 is 6.78. The number of aromatic nitrogens is 2. The van der Waals surface area contributed by atoms with E-state index in [2.05, 4.69) is 20.1 Å². The molecular formula is C35H41ClFN5O3. The molecule has 4 unspecified atom stereocenters. The number of anilines is 1.